The molecule has 0 bridgehead atoms. The highest BCUT2D eigenvalue weighted by molar-refractivity contribution is 5.97. The first kappa shape index (κ1) is 19.7. The molecule has 5 heteroatoms. The Kier molecular flexibility index (Phi) is 6.14. The third-order valence-electron chi connectivity index (χ3n) is 4.92. The van der Waals surface area contributed by atoms with Crippen LogP contribution in [-0.2, 0) is 13.0 Å². The van der Waals surface area contributed by atoms with Gasteiger partial charge in [0.05, 0.1) is 22.9 Å². The summed E-state index contributed by atoms with van der Waals surface area (Å²) in [7, 11) is 0. The average Bonchev–Trinajstić information content (AvgIpc) is 3.04. The monoisotopic (exact) mass is 378 g/mol. The molecule has 0 radical (unpaired) electrons. The van der Waals surface area contributed by atoms with Gasteiger partial charge in [0, 0.05) is 0 Å². The molecule has 28 heavy (non-hydrogen) atoms. The number of carbonyl (C=O) groups excluding carboxylic acids is 1. The van der Waals surface area contributed by atoms with E-state index in [0.717, 1.165) is 29.0 Å². The van der Waals surface area contributed by atoms with Crippen molar-refractivity contribution < 1.29 is 14.1 Å². The average molecular weight is 378 g/mol. The van der Waals surface area contributed by atoms with Crippen LogP contribution >= 0.6 is 0 Å². The maximum absolute atomic E-state index is 12.8. The number of ether oxygens (including phenoxy) is 1. The summed E-state index contributed by atoms with van der Waals surface area (Å²) in [6.07, 6.45) is 0.997. The maximum atomic E-state index is 12.8. The van der Waals surface area contributed by atoms with Crippen molar-refractivity contribution in [3.8, 4) is 5.75 Å². The summed E-state index contributed by atoms with van der Waals surface area (Å²) in [6.45, 7) is 8.13. The topological polar surface area (TPSA) is 64.4 Å². The zero-order valence-electron chi connectivity index (χ0n) is 16.8. The Balaban J connectivity index is 1.71. The second-order valence-corrected chi connectivity index (χ2v) is 6.88. The molecule has 1 aromatic heterocycles. The molecule has 0 aliphatic heterocycles. The van der Waals surface area contributed by atoms with Gasteiger partial charge in [-0.1, -0.05) is 48.5 Å². The number of aryl methyl sites for hydroxylation is 3. The Morgan fingerprint density at radius 1 is 1.14 bits per heavy atom. The number of hydrogen-bond donors (Lipinski definition) is 1. The number of hydrogen-bond acceptors (Lipinski definition) is 4. The van der Waals surface area contributed by atoms with Crippen molar-refractivity contribution in [1.82, 2.24) is 10.5 Å². The van der Waals surface area contributed by atoms with Crippen LogP contribution in [0.4, 0.5) is 0 Å². The molecule has 0 spiro atoms. The first-order valence-corrected chi connectivity index (χ1v) is 9.52. The van der Waals surface area contributed by atoms with E-state index in [1.807, 2.05) is 32.9 Å². The minimum atomic E-state index is -0.165. The molecular formula is C23H26N2O3. The molecule has 5 nitrogen and oxygen atoms in total. The summed E-state index contributed by atoms with van der Waals surface area (Å²) in [6, 6.07) is 15.5. The summed E-state index contributed by atoms with van der Waals surface area (Å²) >= 11 is 0. The minimum Gasteiger partial charge on any atom is -0.488 e. The Morgan fingerprint density at radius 2 is 1.86 bits per heavy atom. The molecule has 3 rings (SSSR count). The van der Waals surface area contributed by atoms with Crippen LogP contribution in [0.25, 0.3) is 0 Å². The summed E-state index contributed by atoms with van der Waals surface area (Å²) in [5, 5.41) is 6.99. The van der Waals surface area contributed by atoms with Crippen molar-refractivity contribution in [2.24, 2.45) is 0 Å². The van der Waals surface area contributed by atoms with Gasteiger partial charge in [-0.3, -0.25) is 4.79 Å². The highest BCUT2D eigenvalue weighted by Gasteiger charge is 2.17. The van der Waals surface area contributed by atoms with Crippen LogP contribution in [0.1, 0.15) is 58.4 Å². The van der Waals surface area contributed by atoms with E-state index in [4.69, 9.17) is 9.26 Å². The Morgan fingerprint density at radius 3 is 2.50 bits per heavy atom. The first-order chi connectivity index (χ1) is 13.5. The maximum Gasteiger partial charge on any atom is 0.255 e. The van der Waals surface area contributed by atoms with Crippen molar-refractivity contribution in [3.63, 3.8) is 0 Å². The van der Waals surface area contributed by atoms with E-state index in [1.165, 1.54) is 5.56 Å². The Labute approximate surface area is 165 Å². The second-order valence-electron chi connectivity index (χ2n) is 6.88. The van der Waals surface area contributed by atoms with E-state index in [1.54, 1.807) is 12.1 Å². The Bertz CT molecular complexity index is 925. The smallest absolute Gasteiger partial charge is 0.255 e. The molecule has 2 aromatic carbocycles. The van der Waals surface area contributed by atoms with Gasteiger partial charge >= 0.3 is 0 Å². The standard InChI is InChI=1S/C23H26N2O3/c1-5-18-10-12-19(13-11-18)15(2)24-23(26)20-8-6-7-9-22(20)27-14-21-16(3)25-28-17(21)4/h6-13,15H,5,14H2,1-4H3,(H,24,26)/t15-/m0/s1. The van der Waals surface area contributed by atoms with Crippen LogP contribution in [0, 0.1) is 13.8 Å². The zero-order valence-corrected chi connectivity index (χ0v) is 16.8. The number of rotatable bonds is 7. The van der Waals surface area contributed by atoms with Gasteiger partial charge in [-0.05, 0) is 50.5 Å². The molecule has 0 unspecified atom stereocenters. The fraction of sp³-hybridized carbons (Fsp3) is 0.304. The van der Waals surface area contributed by atoms with Gasteiger partial charge in [-0.15, -0.1) is 0 Å². The number of nitrogens with zero attached hydrogens (tertiary/aromatic N) is 1. The van der Waals surface area contributed by atoms with Crippen molar-refractivity contribution >= 4 is 5.91 Å². The number of carbonyl (C=O) groups is 1. The molecule has 146 valence electrons. The highest BCUT2D eigenvalue weighted by atomic mass is 16.5. The summed E-state index contributed by atoms with van der Waals surface area (Å²) in [4.78, 5) is 12.8. The van der Waals surface area contributed by atoms with E-state index < -0.39 is 0 Å². The van der Waals surface area contributed by atoms with Gasteiger partial charge in [0.2, 0.25) is 0 Å². The number of amides is 1. The van der Waals surface area contributed by atoms with Gasteiger partial charge in [-0.2, -0.15) is 0 Å². The fourth-order valence-electron chi connectivity index (χ4n) is 3.04. The molecule has 1 amide bonds. The molecule has 0 saturated carbocycles. The number of aromatic nitrogens is 1. The van der Waals surface area contributed by atoms with Gasteiger partial charge < -0.3 is 14.6 Å². The van der Waals surface area contributed by atoms with Crippen LogP contribution in [0.3, 0.4) is 0 Å². The van der Waals surface area contributed by atoms with E-state index in [2.05, 4.69) is 41.7 Å². The third kappa shape index (κ3) is 4.42. The van der Waals surface area contributed by atoms with Crippen LogP contribution in [0.15, 0.2) is 53.1 Å². The van der Waals surface area contributed by atoms with Gasteiger partial charge in [0.25, 0.3) is 5.91 Å². The van der Waals surface area contributed by atoms with E-state index in [-0.39, 0.29) is 11.9 Å². The van der Waals surface area contributed by atoms with Crippen molar-refractivity contribution in [2.75, 3.05) is 0 Å². The normalized spacial score (nSPS) is 11.9. The lowest BCUT2D eigenvalue weighted by Gasteiger charge is -2.17. The largest absolute Gasteiger partial charge is 0.488 e. The molecule has 1 atom stereocenters. The molecule has 0 aliphatic carbocycles. The predicted molar refractivity (Wildman–Crippen MR) is 108 cm³/mol. The molecular weight excluding hydrogens is 352 g/mol. The van der Waals surface area contributed by atoms with Gasteiger partial charge in [0.1, 0.15) is 18.1 Å². The molecule has 0 aliphatic rings. The SMILES string of the molecule is CCc1ccc([C@H](C)NC(=O)c2ccccc2OCc2c(C)noc2C)cc1. The summed E-state index contributed by atoms with van der Waals surface area (Å²) in [5.74, 6) is 1.10. The second kappa shape index (κ2) is 8.74. The lowest BCUT2D eigenvalue weighted by molar-refractivity contribution is 0.0935. The van der Waals surface area contributed by atoms with Crippen LogP contribution < -0.4 is 10.1 Å². The van der Waals surface area contributed by atoms with Crippen molar-refractivity contribution in [1.29, 1.82) is 0 Å². The van der Waals surface area contributed by atoms with Crippen molar-refractivity contribution in [3.05, 3.63) is 82.2 Å². The van der Waals surface area contributed by atoms with E-state index >= 15 is 0 Å². The summed E-state index contributed by atoms with van der Waals surface area (Å²) < 4.78 is 11.1. The van der Waals surface area contributed by atoms with Crippen molar-refractivity contribution in [2.45, 2.75) is 46.8 Å². The first-order valence-electron chi connectivity index (χ1n) is 9.52. The molecule has 0 saturated heterocycles. The molecule has 1 N–H and O–H groups in total. The molecule has 0 fully saturated rings. The quantitative estimate of drug-likeness (QED) is 0.633. The lowest BCUT2D eigenvalue weighted by atomic mass is 10.0. The molecule has 1 heterocycles. The number of para-hydroxylation sites is 1. The minimum absolute atomic E-state index is 0.103. The molecule has 3 aromatic rings. The van der Waals surface area contributed by atoms with E-state index in [9.17, 15) is 4.79 Å². The highest BCUT2D eigenvalue weighted by Crippen LogP contribution is 2.23. The Hall–Kier alpha value is -3.08. The van der Waals surface area contributed by atoms with Gasteiger partial charge in [0.15, 0.2) is 0 Å². The predicted octanol–water partition coefficient (Wildman–Crippen LogP) is 4.92. The fourth-order valence-corrected chi connectivity index (χ4v) is 3.04. The van der Waals surface area contributed by atoms with Crippen LogP contribution in [0.5, 0.6) is 5.75 Å². The number of nitrogens with one attached hydrogen (secondary N) is 1. The zero-order chi connectivity index (χ0) is 20.1. The summed E-state index contributed by atoms with van der Waals surface area (Å²) in [5.41, 5.74) is 4.55. The van der Waals surface area contributed by atoms with E-state index in [0.29, 0.717) is 17.9 Å². The van der Waals surface area contributed by atoms with Crippen LogP contribution in [-0.4, -0.2) is 11.1 Å². The third-order valence-corrected chi connectivity index (χ3v) is 4.92. The van der Waals surface area contributed by atoms with Crippen LogP contribution in [0.2, 0.25) is 0 Å². The van der Waals surface area contributed by atoms with Gasteiger partial charge in [-0.25, -0.2) is 0 Å². The number of benzene rings is 2. The lowest BCUT2D eigenvalue weighted by Crippen LogP contribution is -2.27.